The van der Waals surface area contributed by atoms with E-state index >= 15 is 0 Å². The van der Waals surface area contributed by atoms with Crippen LogP contribution in [0.25, 0.3) is 6.08 Å². The number of imide groups is 2. The summed E-state index contributed by atoms with van der Waals surface area (Å²) in [6, 6.07) is 17.3. The second kappa shape index (κ2) is 9.67. The summed E-state index contributed by atoms with van der Waals surface area (Å²) in [4.78, 5) is 38.4. The molecule has 9 heteroatoms. The Labute approximate surface area is 204 Å². The molecule has 0 radical (unpaired) electrons. The highest BCUT2D eigenvalue weighted by Gasteiger charge is 2.36. The number of rotatable bonds is 5. The van der Waals surface area contributed by atoms with Crippen molar-refractivity contribution in [1.29, 1.82) is 0 Å². The number of nitrogens with one attached hydrogen (secondary N) is 1. The number of barbiturate groups is 1. The summed E-state index contributed by atoms with van der Waals surface area (Å²) < 4.78 is 5.74. The monoisotopic (exact) mass is 500 g/mol. The Balaban J connectivity index is 1.52. The Hall–Kier alpha value is -3.32. The van der Waals surface area contributed by atoms with Crippen molar-refractivity contribution >= 4 is 64.4 Å². The van der Waals surface area contributed by atoms with Crippen LogP contribution in [0.4, 0.5) is 10.5 Å². The summed E-state index contributed by atoms with van der Waals surface area (Å²) in [5.74, 6) is -0.956. The lowest BCUT2D eigenvalue weighted by molar-refractivity contribution is -0.122. The van der Waals surface area contributed by atoms with Gasteiger partial charge in [-0.15, -0.1) is 0 Å². The lowest BCUT2D eigenvalue weighted by Gasteiger charge is -2.26. The van der Waals surface area contributed by atoms with Crippen LogP contribution in [0, 0.1) is 0 Å². The van der Waals surface area contributed by atoms with E-state index in [1.54, 1.807) is 60.7 Å². The second-order valence-electron chi connectivity index (χ2n) is 7.03. The normalized spacial score (nSPS) is 15.1. The molecule has 1 N–H and O–H groups in total. The van der Waals surface area contributed by atoms with E-state index in [9.17, 15) is 14.4 Å². The van der Waals surface area contributed by atoms with Crippen LogP contribution in [0.3, 0.4) is 0 Å². The molecule has 1 fully saturated rings. The predicted molar refractivity (Wildman–Crippen MR) is 128 cm³/mol. The number of ether oxygens (including phenoxy) is 1. The van der Waals surface area contributed by atoms with Gasteiger partial charge in [-0.05, 0) is 54.1 Å². The Morgan fingerprint density at radius 2 is 1.61 bits per heavy atom. The van der Waals surface area contributed by atoms with Crippen molar-refractivity contribution in [2.45, 2.75) is 6.61 Å². The molecular weight excluding hydrogens is 487 g/mol. The summed E-state index contributed by atoms with van der Waals surface area (Å²) >= 11 is 18.0. The van der Waals surface area contributed by atoms with Crippen LogP contribution in [-0.4, -0.2) is 17.8 Å². The average Bonchev–Trinajstić information content (AvgIpc) is 2.77. The van der Waals surface area contributed by atoms with Crippen molar-refractivity contribution in [3.05, 3.63) is 98.5 Å². The van der Waals surface area contributed by atoms with E-state index < -0.39 is 17.8 Å². The summed E-state index contributed by atoms with van der Waals surface area (Å²) in [5.41, 5.74) is 1.43. The molecule has 3 aromatic rings. The maximum absolute atomic E-state index is 12.9. The van der Waals surface area contributed by atoms with Crippen molar-refractivity contribution in [1.82, 2.24) is 5.32 Å². The first-order valence-corrected chi connectivity index (χ1v) is 10.8. The standard InChI is InChI=1S/C24H15Cl3N2O4/c25-16-2-1-3-18(11-16)29-23(31)20(22(30)28-24(29)32)10-14-4-8-19(9-5-14)33-13-15-6-7-17(26)12-21(15)27/h1-12H,13H2,(H,28,30,32)/b20-10+. The molecule has 1 aliphatic heterocycles. The molecule has 6 nitrogen and oxygen atoms in total. The Bertz CT molecular complexity index is 1290. The SMILES string of the molecule is O=C1NC(=O)N(c2cccc(Cl)c2)C(=O)/C1=C/c1ccc(OCc2ccc(Cl)cc2Cl)cc1. The molecule has 0 saturated carbocycles. The first-order chi connectivity index (χ1) is 15.8. The molecule has 166 valence electrons. The highest BCUT2D eigenvalue weighted by molar-refractivity contribution is 6.39. The second-order valence-corrected chi connectivity index (χ2v) is 8.31. The third-order valence-electron chi connectivity index (χ3n) is 4.77. The maximum atomic E-state index is 12.9. The number of anilines is 1. The van der Waals surface area contributed by atoms with Gasteiger partial charge in [0.1, 0.15) is 17.9 Å². The van der Waals surface area contributed by atoms with Crippen molar-refractivity contribution in [3.8, 4) is 5.75 Å². The smallest absolute Gasteiger partial charge is 0.335 e. The van der Waals surface area contributed by atoms with E-state index in [1.807, 2.05) is 0 Å². The maximum Gasteiger partial charge on any atom is 0.335 e. The predicted octanol–water partition coefficient (Wildman–Crippen LogP) is 5.89. The zero-order valence-corrected chi connectivity index (χ0v) is 19.1. The number of hydrogen-bond donors (Lipinski definition) is 1. The topological polar surface area (TPSA) is 75.7 Å². The molecule has 1 aliphatic rings. The lowest BCUT2D eigenvalue weighted by Crippen LogP contribution is -2.54. The number of halogens is 3. The number of carbonyl (C=O) groups is 3. The highest BCUT2D eigenvalue weighted by atomic mass is 35.5. The van der Waals surface area contributed by atoms with Crippen LogP contribution >= 0.6 is 34.8 Å². The van der Waals surface area contributed by atoms with Gasteiger partial charge in [0.2, 0.25) is 0 Å². The Kier molecular flexibility index (Phi) is 6.70. The van der Waals surface area contributed by atoms with Crippen molar-refractivity contribution < 1.29 is 19.1 Å². The van der Waals surface area contributed by atoms with Gasteiger partial charge >= 0.3 is 6.03 Å². The number of carbonyl (C=O) groups excluding carboxylic acids is 3. The third kappa shape index (κ3) is 5.20. The molecule has 0 aromatic heterocycles. The summed E-state index contributed by atoms with van der Waals surface area (Å²) in [6.45, 7) is 0.244. The molecule has 0 aliphatic carbocycles. The van der Waals surface area contributed by atoms with Crippen LogP contribution in [-0.2, 0) is 16.2 Å². The van der Waals surface area contributed by atoms with Gasteiger partial charge in [0.15, 0.2) is 0 Å². The van der Waals surface area contributed by atoms with Crippen LogP contribution in [0.2, 0.25) is 15.1 Å². The zero-order valence-electron chi connectivity index (χ0n) is 16.8. The van der Waals surface area contributed by atoms with Gasteiger partial charge in [-0.2, -0.15) is 0 Å². The average molecular weight is 502 g/mol. The first-order valence-electron chi connectivity index (χ1n) is 9.65. The zero-order chi connectivity index (χ0) is 23.5. The molecule has 33 heavy (non-hydrogen) atoms. The molecule has 0 bridgehead atoms. The number of nitrogens with zero attached hydrogens (tertiary/aromatic N) is 1. The fraction of sp³-hybridized carbons (Fsp3) is 0.0417. The first kappa shape index (κ1) is 22.9. The van der Waals surface area contributed by atoms with Crippen molar-refractivity contribution in [2.75, 3.05) is 4.90 Å². The molecule has 1 saturated heterocycles. The minimum absolute atomic E-state index is 0.184. The molecule has 1 heterocycles. The van der Waals surface area contributed by atoms with Gasteiger partial charge in [-0.25, -0.2) is 9.69 Å². The van der Waals surface area contributed by atoms with Gasteiger partial charge in [-0.3, -0.25) is 14.9 Å². The highest BCUT2D eigenvalue weighted by Crippen LogP contribution is 2.26. The summed E-state index contributed by atoms with van der Waals surface area (Å²) in [5, 5.41) is 3.57. The van der Waals surface area contributed by atoms with E-state index in [0.717, 1.165) is 10.5 Å². The van der Waals surface area contributed by atoms with Crippen LogP contribution < -0.4 is 15.0 Å². The van der Waals surface area contributed by atoms with Crippen molar-refractivity contribution in [2.24, 2.45) is 0 Å². The number of amides is 4. The van der Waals surface area contributed by atoms with Gasteiger partial charge in [-0.1, -0.05) is 59.1 Å². The molecule has 0 atom stereocenters. The summed E-state index contributed by atoms with van der Waals surface area (Å²) in [6.07, 6.45) is 1.40. The van der Waals surface area contributed by atoms with Crippen LogP contribution in [0.5, 0.6) is 5.75 Å². The van der Waals surface area contributed by atoms with Gasteiger partial charge in [0.25, 0.3) is 11.8 Å². The Morgan fingerprint density at radius 3 is 2.30 bits per heavy atom. The molecule has 4 amide bonds. The van der Waals surface area contributed by atoms with Gasteiger partial charge < -0.3 is 4.74 Å². The Morgan fingerprint density at radius 1 is 0.879 bits per heavy atom. The number of benzene rings is 3. The third-order valence-corrected chi connectivity index (χ3v) is 5.59. The minimum Gasteiger partial charge on any atom is -0.489 e. The quantitative estimate of drug-likeness (QED) is 0.349. The van der Waals surface area contributed by atoms with Gasteiger partial charge in [0.05, 0.1) is 5.69 Å². The minimum atomic E-state index is -0.839. The lowest BCUT2D eigenvalue weighted by atomic mass is 10.1. The molecule has 0 spiro atoms. The van der Waals surface area contributed by atoms with Crippen molar-refractivity contribution in [3.63, 3.8) is 0 Å². The van der Waals surface area contributed by atoms with E-state index in [-0.39, 0.29) is 17.9 Å². The fourth-order valence-corrected chi connectivity index (χ4v) is 3.78. The molecule has 4 rings (SSSR count). The largest absolute Gasteiger partial charge is 0.489 e. The van der Waals surface area contributed by atoms with E-state index in [2.05, 4.69) is 5.32 Å². The van der Waals surface area contributed by atoms with E-state index in [0.29, 0.717) is 26.4 Å². The molecule has 3 aromatic carbocycles. The molecule has 0 unspecified atom stereocenters. The number of hydrogen-bond acceptors (Lipinski definition) is 4. The van der Waals surface area contributed by atoms with Gasteiger partial charge in [0, 0.05) is 20.6 Å². The summed E-state index contributed by atoms with van der Waals surface area (Å²) in [7, 11) is 0. The van der Waals surface area contributed by atoms with Crippen LogP contribution in [0.1, 0.15) is 11.1 Å². The van der Waals surface area contributed by atoms with E-state index in [1.165, 1.54) is 12.1 Å². The van der Waals surface area contributed by atoms with Crippen LogP contribution in [0.15, 0.2) is 72.3 Å². The number of urea groups is 1. The molecular formula is C24H15Cl3N2O4. The van der Waals surface area contributed by atoms with E-state index in [4.69, 9.17) is 39.5 Å². The fourth-order valence-electron chi connectivity index (χ4n) is 3.13.